The summed E-state index contributed by atoms with van der Waals surface area (Å²) in [7, 11) is -2.71. The lowest BCUT2D eigenvalue weighted by atomic mass is 10.00. The molecule has 11 heteroatoms. The molecule has 0 aliphatic heterocycles. The lowest BCUT2D eigenvalue weighted by Gasteiger charge is -2.23. The Morgan fingerprint density at radius 2 is 1.95 bits per heavy atom. The predicted molar refractivity (Wildman–Crippen MR) is 149 cm³/mol. The van der Waals surface area contributed by atoms with Gasteiger partial charge in [0.1, 0.15) is 16.4 Å². The van der Waals surface area contributed by atoms with Crippen LogP contribution in [0.2, 0.25) is 0 Å². The molecule has 0 aliphatic rings. The van der Waals surface area contributed by atoms with Gasteiger partial charge in [-0.3, -0.25) is 0 Å². The Morgan fingerprint density at radius 3 is 2.56 bits per heavy atom. The lowest BCUT2D eigenvalue weighted by molar-refractivity contribution is -0.145. The molecule has 3 rings (SSSR count). The molecule has 0 fully saturated rings. The van der Waals surface area contributed by atoms with E-state index in [-0.39, 0.29) is 48.4 Å². The first-order valence-electron chi connectivity index (χ1n) is 12.5. The smallest absolute Gasteiger partial charge is 0.344 e. The van der Waals surface area contributed by atoms with Crippen molar-refractivity contribution in [3.63, 3.8) is 0 Å². The molecule has 2 aromatic carbocycles. The Balaban J connectivity index is 1.97. The minimum absolute atomic E-state index is 0.0374. The fraction of sp³-hybridized carbons (Fsp3) is 0.393. The Kier molecular flexibility index (Phi) is 10.5. The van der Waals surface area contributed by atoms with Crippen molar-refractivity contribution < 1.29 is 27.4 Å². The summed E-state index contributed by atoms with van der Waals surface area (Å²) in [6.07, 6.45) is 0.305. The molecule has 0 saturated carbocycles. The molecule has 0 spiro atoms. The Labute approximate surface area is 234 Å². The molecule has 0 bridgehead atoms. The maximum absolute atomic E-state index is 13.9. The molecule has 0 amide bonds. The maximum Gasteiger partial charge on any atom is 0.344 e. The van der Waals surface area contributed by atoms with E-state index in [0.29, 0.717) is 17.9 Å². The first-order valence-corrected chi connectivity index (χ1v) is 14.8. The number of ether oxygens (including phenoxy) is 3. The third-order valence-corrected chi connectivity index (χ3v) is 8.64. The number of thiazole rings is 1. The largest absolute Gasteiger partial charge is 0.495 e. The number of carbonyl (C=O) groups excluding carboxylic acids is 1. The number of carbonyl (C=O) groups is 1. The zero-order chi connectivity index (χ0) is 28.6. The number of aromatic nitrogens is 1. The van der Waals surface area contributed by atoms with Crippen molar-refractivity contribution >= 4 is 27.3 Å². The van der Waals surface area contributed by atoms with Gasteiger partial charge in [-0.15, -0.1) is 11.3 Å². The molecule has 0 unspecified atom stereocenters. The zero-order valence-corrected chi connectivity index (χ0v) is 24.4. The van der Waals surface area contributed by atoms with Crippen molar-refractivity contribution in [3.8, 4) is 17.6 Å². The number of methoxy groups -OCH3 is 1. The molecule has 0 aliphatic carbocycles. The van der Waals surface area contributed by atoms with E-state index >= 15 is 0 Å². The summed E-state index contributed by atoms with van der Waals surface area (Å²) >= 11 is 1.44. The molecule has 0 radical (unpaired) electrons. The highest BCUT2D eigenvalue weighted by atomic mass is 32.2. The fourth-order valence-electron chi connectivity index (χ4n) is 3.89. The van der Waals surface area contributed by atoms with Crippen molar-refractivity contribution in [2.24, 2.45) is 0 Å². The molecule has 1 heterocycles. The standard InChI is InChI=1S/C28H33N3O6S2/c1-6-36-28(32)17-37-26-14-23(19(2)3)9-8-22(26)11-12-31(16-24-18-38-20(4)30-24)39(33,34)27-13-21(15-29)7-10-25(27)35-5/h7-10,13-14,18-19H,6,11-12,16-17H2,1-5H3. The molecule has 39 heavy (non-hydrogen) atoms. The second kappa shape index (κ2) is 13.6. The Bertz CT molecular complexity index is 1440. The number of esters is 1. The number of hydrogen-bond donors (Lipinski definition) is 0. The molecular weight excluding hydrogens is 538 g/mol. The zero-order valence-electron chi connectivity index (χ0n) is 22.8. The van der Waals surface area contributed by atoms with Crippen LogP contribution in [0.5, 0.6) is 11.5 Å². The molecule has 0 saturated heterocycles. The van der Waals surface area contributed by atoms with E-state index < -0.39 is 16.0 Å². The highest BCUT2D eigenvalue weighted by Crippen LogP contribution is 2.31. The van der Waals surface area contributed by atoms with Crippen LogP contribution in [0.25, 0.3) is 0 Å². The van der Waals surface area contributed by atoms with E-state index in [4.69, 9.17) is 14.2 Å². The van der Waals surface area contributed by atoms with Gasteiger partial charge in [0, 0.05) is 11.9 Å². The van der Waals surface area contributed by atoms with E-state index in [1.54, 1.807) is 6.92 Å². The fourth-order valence-corrected chi connectivity index (χ4v) is 6.09. The monoisotopic (exact) mass is 571 g/mol. The van der Waals surface area contributed by atoms with Crippen molar-refractivity contribution in [3.05, 3.63) is 69.2 Å². The van der Waals surface area contributed by atoms with Crippen LogP contribution in [0.15, 0.2) is 46.7 Å². The van der Waals surface area contributed by atoms with Gasteiger partial charge in [-0.1, -0.05) is 26.0 Å². The van der Waals surface area contributed by atoms with Gasteiger partial charge in [0.25, 0.3) is 0 Å². The second-order valence-electron chi connectivity index (χ2n) is 9.04. The van der Waals surface area contributed by atoms with E-state index in [2.05, 4.69) is 18.8 Å². The van der Waals surface area contributed by atoms with Gasteiger partial charge in [-0.25, -0.2) is 18.2 Å². The predicted octanol–water partition coefficient (Wildman–Crippen LogP) is 4.83. The highest BCUT2D eigenvalue weighted by Gasteiger charge is 2.29. The van der Waals surface area contributed by atoms with Crippen LogP contribution >= 0.6 is 11.3 Å². The molecule has 0 N–H and O–H groups in total. The average Bonchev–Trinajstić information content (AvgIpc) is 3.34. The SMILES string of the molecule is CCOC(=O)COc1cc(C(C)C)ccc1CCN(Cc1csc(C)n1)S(=O)(=O)c1cc(C#N)ccc1OC. The summed E-state index contributed by atoms with van der Waals surface area (Å²) in [6, 6.07) is 12.0. The van der Waals surface area contributed by atoms with Crippen molar-refractivity contribution in [1.29, 1.82) is 5.26 Å². The number of nitriles is 1. The average molecular weight is 572 g/mol. The number of rotatable bonds is 13. The van der Waals surface area contributed by atoms with E-state index in [1.165, 1.54) is 41.0 Å². The normalized spacial score (nSPS) is 11.4. The summed E-state index contributed by atoms with van der Waals surface area (Å²) in [5.41, 5.74) is 2.59. The van der Waals surface area contributed by atoms with Gasteiger partial charge in [0.15, 0.2) is 6.61 Å². The first kappa shape index (κ1) is 30.1. The number of aryl methyl sites for hydroxylation is 1. The quantitative estimate of drug-likeness (QED) is 0.268. The third-order valence-electron chi connectivity index (χ3n) is 5.95. The summed E-state index contributed by atoms with van der Waals surface area (Å²) in [6.45, 7) is 7.82. The highest BCUT2D eigenvalue weighted by molar-refractivity contribution is 7.89. The molecule has 0 atom stereocenters. The van der Waals surface area contributed by atoms with Gasteiger partial charge in [-0.2, -0.15) is 9.57 Å². The molecular formula is C28H33N3O6S2. The van der Waals surface area contributed by atoms with Gasteiger partial charge in [0.05, 0.1) is 42.6 Å². The minimum atomic E-state index is -4.10. The summed E-state index contributed by atoms with van der Waals surface area (Å²) in [4.78, 5) is 16.3. The van der Waals surface area contributed by atoms with Crippen LogP contribution in [0.1, 0.15) is 54.1 Å². The van der Waals surface area contributed by atoms with Crippen LogP contribution in [0.3, 0.4) is 0 Å². The maximum atomic E-state index is 13.9. The Morgan fingerprint density at radius 1 is 1.18 bits per heavy atom. The van der Waals surface area contributed by atoms with Crippen molar-refractivity contribution in [2.75, 3.05) is 26.9 Å². The lowest BCUT2D eigenvalue weighted by Crippen LogP contribution is -2.33. The van der Waals surface area contributed by atoms with Gasteiger partial charge < -0.3 is 14.2 Å². The van der Waals surface area contributed by atoms with Crippen LogP contribution in [-0.2, 0) is 32.5 Å². The minimum Gasteiger partial charge on any atom is -0.495 e. The molecule has 208 valence electrons. The van der Waals surface area contributed by atoms with E-state index in [1.807, 2.05) is 36.6 Å². The third kappa shape index (κ3) is 7.79. The topological polar surface area (TPSA) is 119 Å². The Hall–Kier alpha value is -3.46. The van der Waals surface area contributed by atoms with Crippen molar-refractivity contribution in [2.45, 2.75) is 51.5 Å². The molecule has 1 aromatic heterocycles. The van der Waals surface area contributed by atoms with Crippen LogP contribution in [-0.4, -0.2) is 50.5 Å². The summed E-state index contributed by atoms with van der Waals surface area (Å²) in [5.74, 6) is 0.396. The molecule has 9 nitrogen and oxygen atoms in total. The number of hydrogen-bond acceptors (Lipinski definition) is 9. The number of nitrogens with zero attached hydrogens (tertiary/aromatic N) is 3. The summed E-state index contributed by atoms with van der Waals surface area (Å²) < 4.78 is 45.4. The second-order valence-corrected chi connectivity index (χ2v) is 12.0. The van der Waals surface area contributed by atoms with Crippen molar-refractivity contribution in [1.82, 2.24) is 9.29 Å². The van der Waals surface area contributed by atoms with Crippen LogP contribution < -0.4 is 9.47 Å². The van der Waals surface area contributed by atoms with Crippen LogP contribution in [0, 0.1) is 18.3 Å². The molecule has 3 aromatic rings. The van der Waals surface area contributed by atoms with E-state index in [0.717, 1.165) is 16.1 Å². The first-order chi connectivity index (χ1) is 18.6. The number of sulfonamides is 1. The van der Waals surface area contributed by atoms with Gasteiger partial charge >= 0.3 is 5.97 Å². The number of benzene rings is 2. The van der Waals surface area contributed by atoms with Gasteiger partial charge in [-0.05, 0) is 61.6 Å². The van der Waals surface area contributed by atoms with E-state index in [9.17, 15) is 18.5 Å². The van der Waals surface area contributed by atoms with Crippen LogP contribution in [0.4, 0.5) is 0 Å². The summed E-state index contributed by atoms with van der Waals surface area (Å²) in [5, 5.41) is 12.0. The van der Waals surface area contributed by atoms with Gasteiger partial charge in [0.2, 0.25) is 10.0 Å².